The van der Waals surface area contributed by atoms with Crippen LogP contribution in [0.5, 0.6) is 0 Å². The first kappa shape index (κ1) is 20.9. The van der Waals surface area contributed by atoms with Gasteiger partial charge >= 0.3 is 0 Å². The molecule has 0 fully saturated rings. The Bertz CT molecular complexity index is 732. The Labute approximate surface area is 164 Å². The molecule has 0 spiro atoms. The van der Waals surface area contributed by atoms with E-state index in [0.29, 0.717) is 6.54 Å². The van der Waals surface area contributed by atoms with Gasteiger partial charge in [0.25, 0.3) is 0 Å². The zero-order chi connectivity index (χ0) is 19.8. The maximum Gasteiger partial charge on any atom is 0.109 e. The van der Waals surface area contributed by atoms with Crippen LogP contribution in [-0.2, 0) is 0 Å². The third-order valence-electron chi connectivity index (χ3n) is 4.84. The maximum atomic E-state index is 4.43. The van der Waals surface area contributed by atoms with Gasteiger partial charge in [-0.1, -0.05) is 25.3 Å². The highest BCUT2D eigenvalue weighted by atomic mass is 15.1. The van der Waals surface area contributed by atoms with Gasteiger partial charge in [-0.15, -0.1) is 0 Å². The van der Waals surface area contributed by atoms with E-state index in [0.717, 1.165) is 49.3 Å². The molecule has 0 bridgehead atoms. The van der Waals surface area contributed by atoms with E-state index in [1.54, 1.807) is 13.4 Å². The highest BCUT2D eigenvalue weighted by Crippen LogP contribution is 2.30. The molecule has 2 N–H and O–H groups in total. The molecular formula is C22H33N5. The zero-order valence-corrected chi connectivity index (χ0v) is 17.2. The van der Waals surface area contributed by atoms with Crippen molar-refractivity contribution < 1.29 is 0 Å². The van der Waals surface area contributed by atoms with Gasteiger partial charge in [-0.2, -0.15) is 0 Å². The summed E-state index contributed by atoms with van der Waals surface area (Å²) in [6.45, 7) is 12.0. The van der Waals surface area contributed by atoms with Gasteiger partial charge in [-0.3, -0.25) is 4.99 Å². The standard InChI is InChI=1S/C22H33N5/c1-16-11-12-19-9-7-8-10-20(17(2)22(19)26-16)13-24-18(3)21(14-27(5)6)25-15-23-4/h7-8,15,24,26H,1,3,9-14H2,2,4-6H3/b8-7?,20-17+,23-15?,25-21?. The maximum absolute atomic E-state index is 4.43. The van der Waals surface area contributed by atoms with E-state index in [1.165, 1.54) is 22.4 Å². The van der Waals surface area contributed by atoms with Crippen molar-refractivity contribution in [2.45, 2.75) is 32.6 Å². The monoisotopic (exact) mass is 367 g/mol. The molecule has 0 saturated heterocycles. The molecule has 0 saturated carbocycles. The predicted octanol–water partition coefficient (Wildman–Crippen LogP) is 3.57. The van der Waals surface area contributed by atoms with E-state index in [4.69, 9.17) is 0 Å². The number of aliphatic imine (C=N–C) groups is 2. The smallest absolute Gasteiger partial charge is 0.109 e. The lowest BCUT2D eigenvalue weighted by molar-refractivity contribution is 0.469. The van der Waals surface area contributed by atoms with Crippen molar-refractivity contribution in [3.05, 3.63) is 59.1 Å². The molecule has 0 aromatic rings. The molecule has 146 valence electrons. The van der Waals surface area contributed by atoms with Crippen molar-refractivity contribution >= 4 is 12.1 Å². The van der Waals surface area contributed by atoms with Crippen LogP contribution in [0.25, 0.3) is 0 Å². The van der Waals surface area contributed by atoms with E-state index in [2.05, 4.69) is 57.8 Å². The predicted molar refractivity (Wildman–Crippen MR) is 117 cm³/mol. The molecule has 0 radical (unpaired) electrons. The fourth-order valence-electron chi connectivity index (χ4n) is 3.26. The Morgan fingerprint density at radius 3 is 2.74 bits per heavy atom. The van der Waals surface area contributed by atoms with Crippen LogP contribution in [0.2, 0.25) is 0 Å². The highest BCUT2D eigenvalue weighted by molar-refractivity contribution is 6.04. The summed E-state index contributed by atoms with van der Waals surface area (Å²) in [5.74, 6) is 0. The fourth-order valence-corrected chi connectivity index (χ4v) is 3.26. The second kappa shape index (κ2) is 10.1. The van der Waals surface area contributed by atoms with Crippen LogP contribution < -0.4 is 10.6 Å². The molecule has 2 aliphatic rings. The Kier molecular flexibility index (Phi) is 7.80. The number of hydrogen-bond acceptors (Lipinski definition) is 4. The molecule has 0 atom stereocenters. The van der Waals surface area contributed by atoms with Crippen molar-refractivity contribution in [1.29, 1.82) is 0 Å². The molecule has 1 aliphatic heterocycles. The number of rotatable bonds is 7. The summed E-state index contributed by atoms with van der Waals surface area (Å²) in [4.78, 5) is 10.5. The van der Waals surface area contributed by atoms with Crippen molar-refractivity contribution in [2.24, 2.45) is 9.98 Å². The van der Waals surface area contributed by atoms with Gasteiger partial charge < -0.3 is 15.5 Å². The topological polar surface area (TPSA) is 52.0 Å². The molecule has 0 aromatic carbocycles. The Balaban J connectivity index is 2.17. The summed E-state index contributed by atoms with van der Waals surface area (Å²) >= 11 is 0. The van der Waals surface area contributed by atoms with Gasteiger partial charge in [-0.05, 0) is 63.4 Å². The Morgan fingerprint density at radius 1 is 1.30 bits per heavy atom. The molecule has 27 heavy (non-hydrogen) atoms. The second-order valence-electron chi connectivity index (χ2n) is 7.33. The van der Waals surface area contributed by atoms with Crippen molar-refractivity contribution in [3.8, 4) is 0 Å². The minimum Gasteiger partial charge on any atom is -0.380 e. The number of hydrogen-bond donors (Lipinski definition) is 2. The Hall–Kier alpha value is -2.40. The molecule has 0 amide bonds. The third-order valence-corrected chi connectivity index (χ3v) is 4.84. The van der Waals surface area contributed by atoms with Crippen LogP contribution >= 0.6 is 0 Å². The number of nitrogens with one attached hydrogen (secondary N) is 2. The van der Waals surface area contributed by atoms with E-state index in [9.17, 15) is 0 Å². The summed E-state index contributed by atoms with van der Waals surface area (Å²) in [5.41, 5.74) is 8.25. The Morgan fingerprint density at radius 2 is 2.04 bits per heavy atom. The number of allylic oxidation sites excluding steroid dienone is 5. The lowest BCUT2D eigenvalue weighted by Crippen LogP contribution is -2.30. The zero-order valence-electron chi connectivity index (χ0n) is 17.2. The van der Waals surface area contributed by atoms with Crippen molar-refractivity contribution in [1.82, 2.24) is 15.5 Å². The molecule has 1 heterocycles. The van der Waals surface area contributed by atoms with Gasteiger partial charge in [-0.25, -0.2) is 4.99 Å². The second-order valence-corrected chi connectivity index (χ2v) is 7.33. The molecule has 0 aromatic heterocycles. The minimum atomic E-state index is 0.715. The van der Waals surface area contributed by atoms with Crippen molar-refractivity contribution in [3.63, 3.8) is 0 Å². The first-order valence-electron chi connectivity index (χ1n) is 9.48. The lowest BCUT2D eigenvalue weighted by atomic mass is 9.90. The summed E-state index contributed by atoms with van der Waals surface area (Å²) in [6.07, 6.45) is 10.2. The summed E-state index contributed by atoms with van der Waals surface area (Å²) in [7, 11) is 5.76. The van der Waals surface area contributed by atoms with Gasteiger partial charge in [0.1, 0.15) is 6.34 Å². The third kappa shape index (κ3) is 6.07. The molecule has 0 unspecified atom stereocenters. The van der Waals surface area contributed by atoms with E-state index in [-0.39, 0.29) is 0 Å². The first-order valence-corrected chi connectivity index (χ1v) is 9.48. The fraction of sp³-hybridized carbons (Fsp3) is 0.455. The summed E-state index contributed by atoms with van der Waals surface area (Å²) in [5, 5.41) is 7.00. The van der Waals surface area contributed by atoms with Crippen LogP contribution in [0.3, 0.4) is 0 Å². The van der Waals surface area contributed by atoms with Crippen molar-refractivity contribution in [2.75, 3.05) is 34.2 Å². The number of nitrogens with zero attached hydrogens (tertiary/aromatic N) is 3. The molecular weight excluding hydrogens is 334 g/mol. The van der Waals surface area contributed by atoms with Crippen LogP contribution in [0.15, 0.2) is 69.1 Å². The average molecular weight is 368 g/mol. The minimum absolute atomic E-state index is 0.715. The first-order chi connectivity index (χ1) is 12.9. The van der Waals surface area contributed by atoms with E-state index in [1.807, 2.05) is 14.1 Å². The van der Waals surface area contributed by atoms with Gasteiger partial charge in [0.05, 0.1) is 11.4 Å². The van der Waals surface area contributed by atoms with E-state index < -0.39 is 0 Å². The van der Waals surface area contributed by atoms with Gasteiger partial charge in [0.15, 0.2) is 0 Å². The van der Waals surface area contributed by atoms with Crippen LogP contribution in [0.1, 0.15) is 32.6 Å². The summed E-state index contributed by atoms with van der Waals surface area (Å²) < 4.78 is 0. The molecule has 1 aliphatic carbocycles. The van der Waals surface area contributed by atoms with Gasteiger partial charge in [0, 0.05) is 31.5 Å². The van der Waals surface area contributed by atoms with Crippen LogP contribution in [0.4, 0.5) is 0 Å². The van der Waals surface area contributed by atoms with Gasteiger partial charge in [0.2, 0.25) is 0 Å². The molecule has 5 heteroatoms. The SMILES string of the molecule is C=C1CCC2=C(N1)/C(C)=C(/CNC(=C)C(CN(C)C)=NC=NC)CC=CC2. The molecule has 2 rings (SSSR count). The quantitative estimate of drug-likeness (QED) is 0.411. The van der Waals surface area contributed by atoms with E-state index >= 15 is 0 Å². The average Bonchev–Trinajstić information content (AvgIpc) is 2.63. The largest absolute Gasteiger partial charge is 0.380 e. The lowest BCUT2D eigenvalue weighted by Gasteiger charge is -2.27. The van der Waals surface area contributed by atoms with Crippen LogP contribution in [-0.4, -0.2) is 51.2 Å². The summed E-state index contributed by atoms with van der Waals surface area (Å²) in [6, 6.07) is 0. The van der Waals surface area contributed by atoms with Crippen LogP contribution in [0, 0.1) is 0 Å². The highest BCUT2D eigenvalue weighted by Gasteiger charge is 2.18. The normalized spacial score (nSPS) is 21.2. The molecule has 5 nitrogen and oxygen atoms in total.